The molecule has 4 rings (SSSR count). The van der Waals surface area contributed by atoms with Gasteiger partial charge in [0.05, 0.1) is 5.52 Å². The van der Waals surface area contributed by atoms with Crippen molar-refractivity contribution in [3.8, 4) is 11.5 Å². The molecule has 12 nitrogen and oxygen atoms in total. The van der Waals surface area contributed by atoms with Crippen LogP contribution in [0.5, 0.6) is 0 Å². The third-order valence-electron chi connectivity index (χ3n) is 4.56. The summed E-state index contributed by atoms with van der Waals surface area (Å²) in [4.78, 5) is 33.4. The molecule has 0 fully saturated rings. The zero-order chi connectivity index (χ0) is 24.1. The van der Waals surface area contributed by atoms with Crippen LogP contribution >= 0.6 is 0 Å². The number of halogens is 1. The number of benzene rings is 1. The molecule has 6 N–H and O–H groups in total. The van der Waals surface area contributed by atoms with Gasteiger partial charge in [0.15, 0.2) is 17.5 Å². The number of nitrogens with two attached hydrogens (primary N) is 2. The SMILES string of the molecule is CN(C(=O)O)c1c(N)nc(-c2nc(Cc3ccccc3F)n3ncccc23)nc1N.O=CO. The Morgan fingerprint density at radius 1 is 1.15 bits per heavy atom. The predicted molar refractivity (Wildman–Crippen MR) is 117 cm³/mol. The van der Waals surface area contributed by atoms with E-state index in [2.05, 4.69) is 20.1 Å². The van der Waals surface area contributed by atoms with Crippen molar-refractivity contribution < 1.29 is 24.2 Å². The Morgan fingerprint density at radius 2 is 1.79 bits per heavy atom. The largest absolute Gasteiger partial charge is 0.483 e. The molecule has 4 aromatic rings. The highest BCUT2D eigenvalue weighted by atomic mass is 19.1. The van der Waals surface area contributed by atoms with E-state index in [1.54, 1.807) is 41.0 Å². The topological polar surface area (TPSA) is 186 Å². The molecule has 1 aromatic carbocycles. The molecule has 0 spiro atoms. The number of aromatic nitrogens is 5. The Bertz CT molecular complexity index is 1300. The lowest BCUT2D eigenvalue weighted by molar-refractivity contribution is -0.122. The van der Waals surface area contributed by atoms with Gasteiger partial charge in [-0.3, -0.25) is 9.69 Å². The van der Waals surface area contributed by atoms with E-state index < -0.39 is 6.09 Å². The van der Waals surface area contributed by atoms with Crippen molar-refractivity contribution in [1.29, 1.82) is 0 Å². The first-order valence-electron chi connectivity index (χ1n) is 9.32. The first-order valence-corrected chi connectivity index (χ1v) is 9.32. The summed E-state index contributed by atoms with van der Waals surface area (Å²) in [7, 11) is 1.29. The second-order valence-electron chi connectivity index (χ2n) is 6.58. The summed E-state index contributed by atoms with van der Waals surface area (Å²) in [6.45, 7) is -0.250. The number of nitrogens with zero attached hydrogens (tertiary/aromatic N) is 6. The first-order chi connectivity index (χ1) is 15.8. The van der Waals surface area contributed by atoms with E-state index >= 15 is 0 Å². The number of hydrogen-bond donors (Lipinski definition) is 4. The normalized spacial score (nSPS) is 10.4. The molecule has 170 valence electrons. The second kappa shape index (κ2) is 9.55. The van der Waals surface area contributed by atoms with Crippen molar-refractivity contribution in [2.75, 3.05) is 23.4 Å². The van der Waals surface area contributed by atoms with Gasteiger partial charge in [-0.15, -0.1) is 0 Å². The average Bonchev–Trinajstić information content (AvgIpc) is 3.14. The van der Waals surface area contributed by atoms with Crippen molar-refractivity contribution in [2.24, 2.45) is 0 Å². The number of carbonyl (C=O) groups is 2. The Morgan fingerprint density at radius 3 is 2.39 bits per heavy atom. The Labute approximate surface area is 185 Å². The number of carboxylic acid groups (broad SMARTS) is 2. The monoisotopic (exact) mass is 454 g/mol. The van der Waals surface area contributed by atoms with E-state index in [9.17, 15) is 14.3 Å². The molecule has 0 unspecified atom stereocenters. The second-order valence-corrected chi connectivity index (χ2v) is 6.58. The number of imidazole rings is 1. The highest BCUT2D eigenvalue weighted by Gasteiger charge is 2.22. The van der Waals surface area contributed by atoms with Gasteiger partial charge in [-0.2, -0.15) is 5.10 Å². The zero-order valence-corrected chi connectivity index (χ0v) is 17.3. The van der Waals surface area contributed by atoms with Crippen molar-refractivity contribution >= 4 is 35.4 Å². The molecule has 0 atom stereocenters. The molecule has 0 bridgehead atoms. The molecule has 3 heterocycles. The van der Waals surface area contributed by atoms with E-state index in [0.29, 0.717) is 22.6 Å². The third-order valence-corrected chi connectivity index (χ3v) is 4.56. The third kappa shape index (κ3) is 4.61. The van der Waals surface area contributed by atoms with Crippen LogP contribution in [0.25, 0.3) is 17.0 Å². The first kappa shape index (κ1) is 22.9. The van der Waals surface area contributed by atoms with Gasteiger partial charge in [0.1, 0.15) is 23.0 Å². The Balaban J connectivity index is 0.000000968. The van der Waals surface area contributed by atoms with Gasteiger partial charge in [-0.05, 0) is 23.8 Å². The Kier molecular flexibility index (Phi) is 6.62. The number of hydrogen-bond acceptors (Lipinski definition) is 8. The minimum absolute atomic E-state index is 0.0144. The summed E-state index contributed by atoms with van der Waals surface area (Å²) in [6.07, 6.45) is 0.515. The summed E-state index contributed by atoms with van der Waals surface area (Å²) in [5, 5.41) is 20.4. The van der Waals surface area contributed by atoms with Crippen LogP contribution in [0.4, 0.5) is 26.5 Å². The van der Waals surface area contributed by atoms with Crippen LogP contribution in [-0.2, 0) is 11.2 Å². The summed E-state index contributed by atoms with van der Waals surface area (Å²) in [5.74, 6) is 0.0136. The van der Waals surface area contributed by atoms with Crippen LogP contribution < -0.4 is 16.4 Å². The molecule has 0 aliphatic heterocycles. The van der Waals surface area contributed by atoms with Gasteiger partial charge in [0.2, 0.25) is 0 Å². The van der Waals surface area contributed by atoms with Gasteiger partial charge in [0.25, 0.3) is 6.47 Å². The lowest BCUT2D eigenvalue weighted by atomic mass is 10.1. The van der Waals surface area contributed by atoms with E-state index in [4.69, 9.17) is 21.4 Å². The number of amides is 1. The van der Waals surface area contributed by atoms with Gasteiger partial charge in [-0.1, -0.05) is 18.2 Å². The van der Waals surface area contributed by atoms with Crippen LogP contribution in [0.1, 0.15) is 11.4 Å². The zero-order valence-electron chi connectivity index (χ0n) is 17.3. The average molecular weight is 454 g/mol. The van der Waals surface area contributed by atoms with Gasteiger partial charge < -0.3 is 21.7 Å². The smallest absolute Gasteiger partial charge is 0.411 e. The summed E-state index contributed by atoms with van der Waals surface area (Å²) in [6, 6.07) is 9.87. The van der Waals surface area contributed by atoms with Crippen LogP contribution in [-0.4, -0.2) is 54.4 Å². The molecule has 0 aliphatic carbocycles. The van der Waals surface area contributed by atoms with Gasteiger partial charge >= 0.3 is 6.09 Å². The predicted octanol–water partition coefficient (Wildman–Crippen LogP) is 1.90. The number of anilines is 3. The lowest BCUT2D eigenvalue weighted by Crippen LogP contribution is -2.26. The fourth-order valence-electron chi connectivity index (χ4n) is 3.12. The van der Waals surface area contributed by atoms with Crippen LogP contribution in [0.15, 0.2) is 42.6 Å². The molecule has 3 aromatic heterocycles. The van der Waals surface area contributed by atoms with Crippen LogP contribution in [0.3, 0.4) is 0 Å². The molecule has 1 amide bonds. The summed E-state index contributed by atoms with van der Waals surface area (Å²) < 4.78 is 15.7. The van der Waals surface area contributed by atoms with Crippen LogP contribution in [0.2, 0.25) is 0 Å². The molecule has 13 heteroatoms. The minimum Gasteiger partial charge on any atom is -0.483 e. The van der Waals surface area contributed by atoms with E-state index in [1.807, 2.05) is 0 Å². The highest BCUT2D eigenvalue weighted by Crippen LogP contribution is 2.31. The molecule has 0 radical (unpaired) electrons. The number of fused-ring (bicyclic) bond motifs is 1. The maximum atomic E-state index is 14.1. The lowest BCUT2D eigenvalue weighted by Gasteiger charge is -2.16. The number of rotatable bonds is 4. The van der Waals surface area contributed by atoms with Crippen LogP contribution in [0, 0.1) is 5.82 Å². The van der Waals surface area contributed by atoms with Crippen molar-refractivity contribution in [1.82, 2.24) is 24.6 Å². The van der Waals surface area contributed by atoms with Gasteiger partial charge in [0, 0.05) is 19.7 Å². The van der Waals surface area contributed by atoms with Crippen molar-refractivity contribution in [3.63, 3.8) is 0 Å². The maximum Gasteiger partial charge on any atom is 0.411 e. The molecular formula is C20H19FN8O4. The fourth-order valence-corrected chi connectivity index (χ4v) is 3.12. The van der Waals surface area contributed by atoms with Crippen molar-refractivity contribution in [2.45, 2.75) is 6.42 Å². The van der Waals surface area contributed by atoms with E-state index in [0.717, 1.165) is 4.90 Å². The molecule has 0 saturated carbocycles. The number of nitrogen functional groups attached to an aromatic ring is 2. The van der Waals surface area contributed by atoms with Gasteiger partial charge in [-0.25, -0.2) is 28.7 Å². The van der Waals surface area contributed by atoms with E-state index in [-0.39, 0.29) is 41.9 Å². The molecular weight excluding hydrogens is 435 g/mol. The van der Waals surface area contributed by atoms with Crippen molar-refractivity contribution in [3.05, 3.63) is 59.8 Å². The minimum atomic E-state index is -1.26. The van der Waals surface area contributed by atoms with E-state index in [1.165, 1.54) is 13.1 Å². The fraction of sp³-hybridized carbons (Fsp3) is 0.100. The quantitative estimate of drug-likeness (QED) is 0.332. The summed E-state index contributed by atoms with van der Waals surface area (Å²) >= 11 is 0. The highest BCUT2D eigenvalue weighted by molar-refractivity contribution is 5.94. The molecule has 33 heavy (non-hydrogen) atoms. The summed E-state index contributed by atoms with van der Waals surface area (Å²) in [5.41, 5.74) is 13.3. The molecule has 0 saturated heterocycles. The standard InChI is InChI=1S/C19H17FN8O2.CH2O2/c1-27(19(29)30)15-16(21)25-18(26-17(15)22)14-12-7-4-8-23-28(12)13(24-14)9-10-5-2-3-6-11(10)20;2-1-3/h2-8H,9H2,1H3,(H,29,30)(H4,21,22,25,26);1H,(H,2,3). The Hall–Kier alpha value is -4.81. The molecule has 0 aliphatic rings. The maximum absolute atomic E-state index is 14.1.